The smallest absolute Gasteiger partial charge is 0.273 e. The molecule has 1 fully saturated rings. The standard InChI is InChI=1S/C14H19BrN2O/c1-10(2)7-9-17(11-5-6-11)14(18)13-12(15)4-3-8-16-13/h3-4,8,10-11H,5-7,9H2,1-2H3. The van der Waals surface area contributed by atoms with E-state index in [1.54, 1.807) is 6.20 Å². The van der Waals surface area contributed by atoms with Gasteiger partial charge >= 0.3 is 0 Å². The van der Waals surface area contributed by atoms with Crippen molar-refractivity contribution in [2.45, 2.75) is 39.2 Å². The monoisotopic (exact) mass is 310 g/mol. The summed E-state index contributed by atoms with van der Waals surface area (Å²) in [5.74, 6) is 0.678. The van der Waals surface area contributed by atoms with Crippen LogP contribution in [0.25, 0.3) is 0 Å². The van der Waals surface area contributed by atoms with Crippen LogP contribution >= 0.6 is 15.9 Å². The molecule has 0 aliphatic heterocycles. The fourth-order valence-electron chi connectivity index (χ4n) is 1.91. The van der Waals surface area contributed by atoms with Gasteiger partial charge in [-0.1, -0.05) is 13.8 Å². The third-order valence-corrected chi connectivity index (χ3v) is 3.80. The molecule has 0 atom stereocenters. The number of hydrogen-bond donors (Lipinski definition) is 0. The van der Waals surface area contributed by atoms with Gasteiger partial charge in [0.2, 0.25) is 0 Å². The number of carbonyl (C=O) groups is 1. The van der Waals surface area contributed by atoms with Gasteiger partial charge in [0.15, 0.2) is 0 Å². The van der Waals surface area contributed by atoms with Crippen LogP contribution in [0, 0.1) is 5.92 Å². The van der Waals surface area contributed by atoms with Crippen molar-refractivity contribution in [1.82, 2.24) is 9.88 Å². The Morgan fingerprint density at radius 3 is 2.83 bits per heavy atom. The molecule has 1 aliphatic carbocycles. The Morgan fingerprint density at radius 2 is 2.28 bits per heavy atom. The Morgan fingerprint density at radius 1 is 1.56 bits per heavy atom. The van der Waals surface area contributed by atoms with E-state index in [0.29, 0.717) is 17.7 Å². The SMILES string of the molecule is CC(C)CCN(C(=O)c1ncccc1Br)C1CC1. The number of halogens is 1. The average Bonchev–Trinajstić information content (AvgIpc) is 3.13. The third-order valence-electron chi connectivity index (χ3n) is 3.16. The van der Waals surface area contributed by atoms with E-state index in [0.717, 1.165) is 30.3 Å². The minimum atomic E-state index is 0.0608. The normalized spacial score (nSPS) is 14.9. The summed E-state index contributed by atoms with van der Waals surface area (Å²) in [6, 6.07) is 4.13. The van der Waals surface area contributed by atoms with Gasteiger partial charge in [-0.2, -0.15) is 0 Å². The minimum Gasteiger partial charge on any atom is -0.334 e. The second kappa shape index (κ2) is 5.83. The van der Waals surface area contributed by atoms with Gasteiger partial charge in [0.1, 0.15) is 5.69 Å². The number of amides is 1. The van der Waals surface area contributed by atoms with Crippen molar-refractivity contribution in [2.24, 2.45) is 5.92 Å². The van der Waals surface area contributed by atoms with E-state index >= 15 is 0 Å². The molecule has 1 aliphatic rings. The van der Waals surface area contributed by atoms with Crippen LogP contribution in [0.5, 0.6) is 0 Å². The van der Waals surface area contributed by atoms with Crippen molar-refractivity contribution >= 4 is 21.8 Å². The quantitative estimate of drug-likeness (QED) is 0.834. The lowest BCUT2D eigenvalue weighted by Crippen LogP contribution is -2.35. The second-order valence-corrected chi connectivity index (χ2v) is 6.10. The lowest BCUT2D eigenvalue weighted by atomic mass is 10.1. The highest BCUT2D eigenvalue weighted by Gasteiger charge is 2.33. The summed E-state index contributed by atoms with van der Waals surface area (Å²) in [7, 11) is 0. The third kappa shape index (κ3) is 3.31. The van der Waals surface area contributed by atoms with Crippen molar-refractivity contribution in [2.75, 3.05) is 6.54 Å². The van der Waals surface area contributed by atoms with E-state index < -0.39 is 0 Å². The molecule has 18 heavy (non-hydrogen) atoms. The molecule has 1 aromatic rings. The number of rotatable bonds is 5. The van der Waals surface area contributed by atoms with Gasteiger partial charge in [0.25, 0.3) is 5.91 Å². The molecule has 0 unspecified atom stereocenters. The molecule has 0 aromatic carbocycles. The number of nitrogens with zero attached hydrogens (tertiary/aromatic N) is 2. The van der Waals surface area contributed by atoms with Crippen LogP contribution in [-0.2, 0) is 0 Å². The van der Waals surface area contributed by atoms with Crippen LogP contribution in [0.2, 0.25) is 0 Å². The first-order chi connectivity index (χ1) is 8.59. The van der Waals surface area contributed by atoms with Crippen LogP contribution in [0.1, 0.15) is 43.6 Å². The molecule has 1 saturated carbocycles. The van der Waals surface area contributed by atoms with Gasteiger partial charge in [-0.15, -0.1) is 0 Å². The topological polar surface area (TPSA) is 33.2 Å². The Labute approximate surface area is 117 Å². The summed E-state index contributed by atoms with van der Waals surface area (Å²) < 4.78 is 0.783. The van der Waals surface area contributed by atoms with Gasteiger partial charge in [0.05, 0.1) is 0 Å². The Bertz CT molecular complexity index is 430. The molecule has 1 heterocycles. The zero-order valence-corrected chi connectivity index (χ0v) is 12.5. The van der Waals surface area contributed by atoms with Crippen molar-refractivity contribution in [3.63, 3.8) is 0 Å². The fourth-order valence-corrected chi connectivity index (χ4v) is 2.34. The van der Waals surface area contributed by atoms with Crippen LogP contribution < -0.4 is 0 Å². The highest BCUT2D eigenvalue weighted by atomic mass is 79.9. The molecule has 1 aromatic heterocycles. The first-order valence-corrected chi connectivity index (χ1v) is 7.30. The molecule has 4 heteroatoms. The molecule has 2 rings (SSSR count). The van der Waals surface area contributed by atoms with Crippen LogP contribution in [0.15, 0.2) is 22.8 Å². The predicted molar refractivity (Wildman–Crippen MR) is 75.5 cm³/mol. The predicted octanol–water partition coefficient (Wildman–Crippen LogP) is 3.49. The summed E-state index contributed by atoms with van der Waals surface area (Å²) in [5.41, 5.74) is 0.535. The lowest BCUT2D eigenvalue weighted by Gasteiger charge is -2.23. The summed E-state index contributed by atoms with van der Waals surface area (Å²) in [5, 5.41) is 0. The van der Waals surface area contributed by atoms with E-state index in [1.807, 2.05) is 17.0 Å². The molecular weight excluding hydrogens is 292 g/mol. The molecular formula is C14H19BrN2O. The fraction of sp³-hybridized carbons (Fsp3) is 0.571. The van der Waals surface area contributed by atoms with Gasteiger partial charge in [-0.25, -0.2) is 4.98 Å². The Kier molecular flexibility index (Phi) is 4.38. The summed E-state index contributed by atoms with van der Waals surface area (Å²) in [4.78, 5) is 18.7. The van der Waals surface area contributed by atoms with Crippen LogP contribution in [0.4, 0.5) is 0 Å². The number of aromatic nitrogens is 1. The number of hydrogen-bond acceptors (Lipinski definition) is 2. The van der Waals surface area contributed by atoms with Gasteiger partial charge in [-0.05, 0) is 53.2 Å². The van der Waals surface area contributed by atoms with Gasteiger partial charge in [0, 0.05) is 23.3 Å². The number of carbonyl (C=O) groups excluding carboxylic acids is 1. The van der Waals surface area contributed by atoms with E-state index in [1.165, 1.54) is 0 Å². The summed E-state index contributed by atoms with van der Waals surface area (Å²) in [6.07, 6.45) is 4.99. The molecule has 3 nitrogen and oxygen atoms in total. The van der Waals surface area contributed by atoms with Crippen molar-refractivity contribution < 1.29 is 4.79 Å². The Balaban J connectivity index is 2.11. The largest absolute Gasteiger partial charge is 0.334 e. The average molecular weight is 311 g/mol. The highest BCUT2D eigenvalue weighted by molar-refractivity contribution is 9.10. The minimum absolute atomic E-state index is 0.0608. The first kappa shape index (κ1) is 13.5. The van der Waals surface area contributed by atoms with E-state index in [-0.39, 0.29) is 5.91 Å². The molecule has 0 bridgehead atoms. The molecule has 0 saturated heterocycles. The van der Waals surface area contributed by atoms with Gasteiger partial charge < -0.3 is 4.90 Å². The first-order valence-electron chi connectivity index (χ1n) is 6.51. The van der Waals surface area contributed by atoms with E-state index in [4.69, 9.17) is 0 Å². The summed E-state index contributed by atoms with van der Waals surface area (Å²) >= 11 is 3.40. The zero-order valence-electron chi connectivity index (χ0n) is 10.9. The molecule has 0 spiro atoms. The van der Waals surface area contributed by atoms with Crippen LogP contribution in [-0.4, -0.2) is 28.4 Å². The maximum atomic E-state index is 12.5. The van der Waals surface area contributed by atoms with Crippen molar-refractivity contribution in [1.29, 1.82) is 0 Å². The second-order valence-electron chi connectivity index (χ2n) is 5.25. The van der Waals surface area contributed by atoms with Crippen molar-refractivity contribution in [3.05, 3.63) is 28.5 Å². The number of pyridine rings is 1. The van der Waals surface area contributed by atoms with Crippen LogP contribution in [0.3, 0.4) is 0 Å². The maximum Gasteiger partial charge on any atom is 0.273 e. The highest BCUT2D eigenvalue weighted by Crippen LogP contribution is 2.29. The summed E-state index contributed by atoms with van der Waals surface area (Å²) in [6.45, 7) is 5.21. The molecule has 0 radical (unpaired) electrons. The van der Waals surface area contributed by atoms with E-state index in [9.17, 15) is 4.79 Å². The van der Waals surface area contributed by atoms with E-state index in [2.05, 4.69) is 34.8 Å². The molecule has 98 valence electrons. The maximum absolute atomic E-state index is 12.5. The Hall–Kier alpha value is -0.900. The van der Waals surface area contributed by atoms with Crippen molar-refractivity contribution in [3.8, 4) is 0 Å². The van der Waals surface area contributed by atoms with Gasteiger partial charge in [-0.3, -0.25) is 4.79 Å². The zero-order chi connectivity index (χ0) is 13.1. The molecule has 1 amide bonds. The lowest BCUT2D eigenvalue weighted by molar-refractivity contribution is 0.0728. The molecule has 0 N–H and O–H groups in total.